The molecule has 3 aliphatic rings. The highest BCUT2D eigenvalue weighted by molar-refractivity contribution is 5.97. The van der Waals surface area contributed by atoms with Crippen molar-refractivity contribution in [2.24, 2.45) is 17.8 Å². The van der Waals surface area contributed by atoms with Crippen LogP contribution in [0.5, 0.6) is 0 Å². The van der Waals surface area contributed by atoms with E-state index in [0.29, 0.717) is 24.6 Å². The van der Waals surface area contributed by atoms with Crippen LogP contribution in [0.4, 0.5) is 0 Å². The average Bonchev–Trinajstić information content (AvgIpc) is 3.10. The average molecular weight is 382 g/mol. The van der Waals surface area contributed by atoms with Crippen molar-refractivity contribution in [3.63, 3.8) is 0 Å². The number of H-pyrrole nitrogens is 1. The van der Waals surface area contributed by atoms with E-state index in [1.54, 1.807) is 25.6 Å². The zero-order valence-corrected chi connectivity index (χ0v) is 16.1. The number of aromatic nitrogens is 2. The van der Waals surface area contributed by atoms with Crippen molar-refractivity contribution in [2.75, 3.05) is 20.2 Å². The Morgan fingerprint density at radius 1 is 1.32 bits per heavy atom. The number of carbonyl (C=O) groups excluding carboxylic acids is 2. The molecule has 1 aliphatic heterocycles. The molecule has 7 heteroatoms. The summed E-state index contributed by atoms with van der Waals surface area (Å²) in [5.41, 5.74) is 2.16. The monoisotopic (exact) mass is 382 g/mol. The third-order valence-corrected chi connectivity index (χ3v) is 6.77. The first kappa shape index (κ1) is 17.7. The van der Waals surface area contributed by atoms with Crippen LogP contribution in [0.25, 0.3) is 11.0 Å². The van der Waals surface area contributed by atoms with Gasteiger partial charge in [0.15, 0.2) is 0 Å². The molecule has 1 saturated heterocycles. The van der Waals surface area contributed by atoms with E-state index in [2.05, 4.69) is 15.3 Å². The first-order valence-corrected chi connectivity index (χ1v) is 10.2. The second-order valence-corrected chi connectivity index (χ2v) is 8.43. The lowest BCUT2D eigenvalue weighted by atomic mass is 9.81. The molecule has 2 N–H and O–H groups in total. The molecule has 2 saturated carbocycles. The van der Waals surface area contributed by atoms with E-state index >= 15 is 0 Å². The van der Waals surface area contributed by atoms with Gasteiger partial charge in [-0.15, -0.1) is 0 Å². The summed E-state index contributed by atoms with van der Waals surface area (Å²) in [7, 11) is 1.64. The fraction of sp³-hybridized carbons (Fsp3) is 0.571. The van der Waals surface area contributed by atoms with Gasteiger partial charge in [-0.1, -0.05) is 19.3 Å². The van der Waals surface area contributed by atoms with E-state index in [0.717, 1.165) is 23.4 Å². The topological polar surface area (TPSA) is 87.3 Å². The van der Waals surface area contributed by atoms with E-state index in [1.807, 2.05) is 11.0 Å². The number of carbonyl (C=O) groups is 2. The Bertz CT molecular complexity index is 906. The smallest absolute Gasteiger partial charge is 0.253 e. The molecule has 0 bridgehead atoms. The number of aromatic amines is 1. The highest BCUT2D eigenvalue weighted by atomic mass is 16.5. The van der Waals surface area contributed by atoms with Crippen LogP contribution >= 0.6 is 0 Å². The van der Waals surface area contributed by atoms with E-state index in [1.165, 1.54) is 19.3 Å². The Labute approximate surface area is 163 Å². The second kappa shape index (κ2) is 6.88. The molecule has 28 heavy (non-hydrogen) atoms. The number of fused-ring (bicyclic) bond motifs is 1. The zero-order valence-electron chi connectivity index (χ0n) is 16.1. The van der Waals surface area contributed by atoms with Crippen molar-refractivity contribution in [3.8, 4) is 0 Å². The molecule has 3 heterocycles. The van der Waals surface area contributed by atoms with Crippen molar-refractivity contribution < 1.29 is 14.3 Å². The Kier molecular flexibility index (Phi) is 4.34. The highest BCUT2D eigenvalue weighted by Crippen LogP contribution is 2.52. The van der Waals surface area contributed by atoms with Crippen molar-refractivity contribution in [3.05, 3.63) is 30.1 Å². The van der Waals surface area contributed by atoms with E-state index in [4.69, 9.17) is 4.74 Å². The molecular weight excluding hydrogens is 356 g/mol. The van der Waals surface area contributed by atoms with Crippen molar-refractivity contribution in [1.82, 2.24) is 20.2 Å². The van der Waals surface area contributed by atoms with Gasteiger partial charge in [0.25, 0.3) is 5.91 Å². The third kappa shape index (κ3) is 3.07. The first-order chi connectivity index (χ1) is 13.6. The number of nitrogens with zero attached hydrogens (tertiary/aromatic N) is 2. The predicted molar refractivity (Wildman–Crippen MR) is 104 cm³/mol. The summed E-state index contributed by atoms with van der Waals surface area (Å²) in [4.78, 5) is 34.9. The van der Waals surface area contributed by atoms with Crippen LogP contribution in [0.15, 0.2) is 24.5 Å². The maximum atomic E-state index is 12.9. The molecule has 5 rings (SSSR count). The first-order valence-electron chi connectivity index (χ1n) is 10.2. The molecule has 2 aromatic heterocycles. The van der Waals surface area contributed by atoms with E-state index in [9.17, 15) is 9.59 Å². The van der Waals surface area contributed by atoms with Gasteiger partial charge in [0.1, 0.15) is 0 Å². The normalized spacial score (nSPS) is 29.7. The van der Waals surface area contributed by atoms with Gasteiger partial charge in [-0.3, -0.25) is 14.6 Å². The Morgan fingerprint density at radius 2 is 2.18 bits per heavy atom. The van der Waals surface area contributed by atoms with Gasteiger partial charge in [-0.2, -0.15) is 0 Å². The van der Waals surface area contributed by atoms with Crippen molar-refractivity contribution in [2.45, 2.75) is 37.8 Å². The Morgan fingerprint density at radius 3 is 2.93 bits per heavy atom. The summed E-state index contributed by atoms with van der Waals surface area (Å²) in [6.07, 6.45) is 8.12. The number of hydrogen-bond donors (Lipinski definition) is 2. The summed E-state index contributed by atoms with van der Waals surface area (Å²) in [6.45, 7) is 1.05. The minimum Gasteiger partial charge on any atom is -0.377 e. The molecule has 0 unspecified atom stereocenters. The molecule has 3 fully saturated rings. The molecule has 0 spiro atoms. The minimum absolute atomic E-state index is 0.184. The number of nitrogens with one attached hydrogen (secondary N) is 2. The fourth-order valence-electron chi connectivity index (χ4n) is 4.76. The summed E-state index contributed by atoms with van der Waals surface area (Å²) in [6, 6.07) is 3.46. The predicted octanol–water partition coefficient (Wildman–Crippen LogP) is 1.95. The molecule has 2 aromatic rings. The summed E-state index contributed by atoms with van der Waals surface area (Å²) >= 11 is 0. The van der Waals surface area contributed by atoms with Crippen molar-refractivity contribution >= 4 is 22.8 Å². The minimum atomic E-state index is -0.207. The number of methoxy groups -OCH3 is 1. The molecule has 7 nitrogen and oxygen atoms in total. The van der Waals surface area contributed by atoms with Crippen LogP contribution in [0, 0.1) is 17.8 Å². The van der Waals surface area contributed by atoms with E-state index < -0.39 is 0 Å². The van der Waals surface area contributed by atoms with Gasteiger partial charge in [-0.25, -0.2) is 0 Å². The molecule has 2 aliphatic carbocycles. The van der Waals surface area contributed by atoms with Crippen LogP contribution < -0.4 is 5.32 Å². The number of hydrogen-bond acceptors (Lipinski definition) is 4. The number of ether oxygens (including phenoxy) is 1. The van der Waals surface area contributed by atoms with Gasteiger partial charge >= 0.3 is 0 Å². The molecule has 148 valence electrons. The van der Waals surface area contributed by atoms with E-state index in [-0.39, 0.29) is 29.9 Å². The molecule has 2 amide bonds. The summed E-state index contributed by atoms with van der Waals surface area (Å²) in [5.74, 6) is 1.60. The molecule has 0 radical (unpaired) electrons. The fourth-order valence-corrected chi connectivity index (χ4v) is 4.76. The van der Waals surface area contributed by atoms with Crippen LogP contribution in [0.2, 0.25) is 0 Å². The summed E-state index contributed by atoms with van der Waals surface area (Å²) in [5, 5.41) is 3.04. The number of pyridine rings is 1. The lowest BCUT2D eigenvalue weighted by Gasteiger charge is -2.26. The Hall–Kier alpha value is -2.41. The third-order valence-electron chi connectivity index (χ3n) is 6.77. The van der Waals surface area contributed by atoms with Gasteiger partial charge in [0.05, 0.1) is 28.7 Å². The van der Waals surface area contributed by atoms with Gasteiger partial charge < -0.3 is 19.9 Å². The largest absolute Gasteiger partial charge is 0.377 e. The molecule has 4 atom stereocenters. The quantitative estimate of drug-likeness (QED) is 0.828. The second-order valence-electron chi connectivity index (χ2n) is 8.43. The van der Waals surface area contributed by atoms with Crippen molar-refractivity contribution in [1.29, 1.82) is 0 Å². The van der Waals surface area contributed by atoms with Gasteiger partial charge in [0, 0.05) is 38.5 Å². The van der Waals surface area contributed by atoms with Crippen LogP contribution in [-0.4, -0.2) is 59.0 Å². The van der Waals surface area contributed by atoms with Crippen LogP contribution in [-0.2, 0) is 9.53 Å². The standard InChI is InChI=1S/C21H26N4O3/c1-28-19-11-25(21(27)15-8-14(15)12-3-2-4-12)10-18(19)24-20(26)13-7-17-16(23-9-13)5-6-22-17/h5-7,9,12,14-15,18-19,22H,2-4,8,10-11H2,1H3,(H,24,26)/t14-,15+,18+,19+/m0/s1. The lowest BCUT2D eigenvalue weighted by molar-refractivity contribution is -0.132. The van der Waals surface area contributed by atoms with Crippen LogP contribution in [0.1, 0.15) is 36.0 Å². The number of amides is 2. The maximum Gasteiger partial charge on any atom is 0.253 e. The van der Waals surface area contributed by atoms with Gasteiger partial charge in [0.2, 0.25) is 5.91 Å². The maximum absolute atomic E-state index is 12.9. The number of likely N-dealkylation sites (tertiary alicyclic amines) is 1. The zero-order chi connectivity index (χ0) is 19.3. The summed E-state index contributed by atoms with van der Waals surface area (Å²) < 4.78 is 5.58. The lowest BCUT2D eigenvalue weighted by Crippen LogP contribution is -2.43. The molecule has 0 aromatic carbocycles. The Balaban J connectivity index is 1.23. The van der Waals surface area contributed by atoms with Crippen LogP contribution in [0.3, 0.4) is 0 Å². The SMILES string of the molecule is CO[C@@H]1CN(C(=O)[C@@H]2C[C@H]2C2CCC2)C[C@H]1NC(=O)c1cnc2cc[nH]c2c1. The van der Waals surface area contributed by atoms with Gasteiger partial charge in [-0.05, 0) is 30.4 Å². The molecular formula is C21H26N4O3. The highest BCUT2D eigenvalue weighted by Gasteiger charge is 2.51. The number of rotatable bonds is 5.